The van der Waals surface area contributed by atoms with Gasteiger partial charge in [-0.1, -0.05) is 29.8 Å². The van der Waals surface area contributed by atoms with Gasteiger partial charge in [0.05, 0.1) is 11.1 Å². The first-order chi connectivity index (χ1) is 12.5. The Kier molecular flexibility index (Phi) is 5.42. The summed E-state index contributed by atoms with van der Waals surface area (Å²) in [6.07, 6.45) is 2.33. The highest BCUT2D eigenvalue weighted by atomic mass is 32.2. The second-order valence-corrected chi connectivity index (χ2v) is 7.16. The molecular formula is C20H20N2O3S. The lowest BCUT2D eigenvalue weighted by Crippen LogP contribution is -2.47. The van der Waals surface area contributed by atoms with E-state index in [1.54, 1.807) is 48.2 Å². The van der Waals surface area contributed by atoms with Crippen molar-refractivity contribution in [1.29, 1.82) is 0 Å². The fourth-order valence-electron chi connectivity index (χ4n) is 2.96. The summed E-state index contributed by atoms with van der Waals surface area (Å²) in [6.45, 7) is 1.96. The third-order valence-electron chi connectivity index (χ3n) is 4.35. The predicted molar refractivity (Wildman–Crippen MR) is 104 cm³/mol. The number of fused-ring (bicyclic) bond motifs is 1. The summed E-state index contributed by atoms with van der Waals surface area (Å²) < 4.78 is 0. The molecule has 1 aliphatic rings. The maximum absolute atomic E-state index is 12.9. The summed E-state index contributed by atoms with van der Waals surface area (Å²) >= 11 is 1.57. The van der Waals surface area contributed by atoms with Crippen molar-refractivity contribution in [2.45, 2.75) is 19.4 Å². The Hall–Kier alpha value is -2.60. The van der Waals surface area contributed by atoms with Gasteiger partial charge in [-0.15, -0.1) is 0 Å². The molecule has 5 nitrogen and oxygen atoms in total. The number of aryl methyl sites for hydroxylation is 1. The minimum absolute atomic E-state index is 0.350. The van der Waals surface area contributed by atoms with Gasteiger partial charge in [-0.3, -0.25) is 19.3 Å². The number of imide groups is 1. The lowest BCUT2D eigenvalue weighted by molar-refractivity contribution is -0.120. The van der Waals surface area contributed by atoms with Gasteiger partial charge in [0.2, 0.25) is 5.91 Å². The van der Waals surface area contributed by atoms with Crippen LogP contribution in [0.5, 0.6) is 0 Å². The van der Waals surface area contributed by atoms with Crippen LogP contribution in [0.2, 0.25) is 0 Å². The summed E-state index contributed by atoms with van der Waals surface area (Å²) in [5.74, 6) is -0.497. The summed E-state index contributed by atoms with van der Waals surface area (Å²) in [4.78, 5) is 39.4. The number of anilines is 1. The zero-order valence-corrected chi connectivity index (χ0v) is 15.5. The normalized spacial score (nSPS) is 14.3. The fourth-order valence-corrected chi connectivity index (χ4v) is 3.42. The number of carbonyl (C=O) groups is 3. The summed E-state index contributed by atoms with van der Waals surface area (Å²) in [5.41, 5.74) is 2.44. The van der Waals surface area contributed by atoms with Gasteiger partial charge in [-0.25, -0.2) is 0 Å². The highest BCUT2D eigenvalue weighted by molar-refractivity contribution is 7.98. The standard InChI is InChI=1S/C20H20N2O3S/c1-13-7-9-14(10-8-13)21-18(23)17(11-12-26-2)22-19(24)15-5-3-4-6-16(15)20(22)25/h3-10,17H,11-12H2,1-2H3,(H,21,23)/t17-/m0/s1. The lowest BCUT2D eigenvalue weighted by Gasteiger charge is -2.25. The molecule has 2 aromatic carbocycles. The van der Waals surface area contributed by atoms with Crippen LogP contribution >= 0.6 is 11.8 Å². The molecule has 1 atom stereocenters. The highest BCUT2D eigenvalue weighted by Crippen LogP contribution is 2.26. The molecule has 0 saturated heterocycles. The molecule has 1 aliphatic heterocycles. The molecule has 0 fully saturated rings. The van der Waals surface area contributed by atoms with Crippen LogP contribution in [-0.4, -0.2) is 40.7 Å². The first kappa shape index (κ1) is 18.2. The van der Waals surface area contributed by atoms with Gasteiger partial charge in [-0.2, -0.15) is 11.8 Å². The zero-order chi connectivity index (χ0) is 18.7. The molecule has 0 saturated carbocycles. The van der Waals surface area contributed by atoms with E-state index in [1.807, 2.05) is 25.3 Å². The number of hydrogen-bond acceptors (Lipinski definition) is 4. The number of rotatable bonds is 6. The molecule has 26 heavy (non-hydrogen) atoms. The van der Waals surface area contributed by atoms with Crippen LogP contribution in [0.4, 0.5) is 5.69 Å². The molecule has 3 rings (SSSR count). The summed E-state index contributed by atoms with van der Waals surface area (Å²) in [7, 11) is 0. The minimum Gasteiger partial charge on any atom is -0.324 e. The summed E-state index contributed by atoms with van der Waals surface area (Å²) in [6, 6.07) is 13.3. The third kappa shape index (κ3) is 3.51. The first-order valence-corrected chi connectivity index (χ1v) is 9.75. The number of carbonyl (C=O) groups excluding carboxylic acids is 3. The number of nitrogens with zero attached hydrogens (tertiary/aromatic N) is 1. The largest absolute Gasteiger partial charge is 0.324 e. The van der Waals surface area contributed by atoms with Crippen LogP contribution in [-0.2, 0) is 4.79 Å². The second-order valence-electron chi connectivity index (χ2n) is 6.18. The Morgan fingerprint density at radius 3 is 2.15 bits per heavy atom. The van der Waals surface area contributed by atoms with Gasteiger partial charge in [0.25, 0.3) is 11.8 Å². The van der Waals surface area contributed by atoms with E-state index in [1.165, 1.54) is 0 Å². The number of hydrogen-bond donors (Lipinski definition) is 1. The average Bonchev–Trinajstić information content (AvgIpc) is 2.89. The van der Waals surface area contributed by atoms with E-state index in [0.717, 1.165) is 10.5 Å². The maximum atomic E-state index is 12.9. The van der Waals surface area contributed by atoms with Crippen molar-refractivity contribution in [3.8, 4) is 0 Å². The summed E-state index contributed by atoms with van der Waals surface area (Å²) in [5, 5.41) is 2.83. The molecule has 1 N–H and O–H groups in total. The first-order valence-electron chi connectivity index (χ1n) is 8.36. The molecule has 0 aliphatic carbocycles. The van der Waals surface area contributed by atoms with Crippen LogP contribution in [0.1, 0.15) is 32.7 Å². The molecule has 0 unspecified atom stereocenters. The van der Waals surface area contributed by atoms with E-state index >= 15 is 0 Å². The SMILES string of the molecule is CSCC[C@@H](C(=O)Nc1ccc(C)cc1)N1C(=O)c2ccccc2C1=O. The van der Waals surface area contributed by atoms with E-state index in [0.29, 0.717) is 29.0 Å². The van der Waals surface area contributed by atoms with E-state index in [4.69, 9.17) is 0 Å². The van der Waals surface area contributed by atoms with Crippen molar-refractivity contribution in [3.05, 3.63) is 65.2 Å². The molecule has 6 heteroatoms. The van der Waals surface area contributed by atoms with E-state index in [-0.39, 0.29) is 5.91 Å². The Bertz CT molecular complexity index is 813. The van der Waals surface area contributed by atoms with Crippen molar-refractivity contribution in [2.75, 3.05) is 17.3 Å². The molecule has 0 radical (unpaired) electrons. The molecule has 3 amide bonds. The number of amides is 3. The van der Waals surface area contributed by atoms with Crippen molar-refractivity contribution < 1.29 is 14.4 Å². The van der Waals surface area contributed by atoms with Gasteiger partial charge < -0.3 is 5.32 Å². The monoisotopic (exact) mass is 368 g/mol. The van der Waals surface area contributed by atoms with Crippen molar-refractivity contribution >= 4 is 35.2 Å². The fraction of sp³-hybridized carbons (Fsp3) is 0.250. The van der Waals surface area contributed by atoms with Crippen molar-refractivity contribution in [3.63, 3.8) is 0 Å². The second kappa shape index (κ2) is 7.74. The van der Waals surface area contributed by atoms with Gasteiger partial charge >= 0.3 is 0 Å². The molecule has 0 aromatic heterocycles. The Balaban J connectivity index is 1.86. The smallest absolute Gasteiger partial charge is 0.262 e. The Morgan fingerprint density at radius 2 is 1.62 bits per heavy atom. The Morgan fingerprint density at radius 1 is 1.04 bits per heavy atom. The van der Waals surface area contributed by atoms with E-state index in [2.05, 4.69) is 5.32 Å². The van der Waals surface area contributed by atoms with Gasteiger partial charge in [0.15, 0.2) is 0 Å². The van der Waals surface area contributed by atoms with Crippen LogP contribution in [0.3, 0.4) is 0 Å². The predicted octanol–water partition coefficient (Wildman–Crippen LogP) is 3.35. The van der Waals surface area contributed by atoms with Crippen molar-refractivity contribution in [1.82, 2.24) is 4.90 Å². The van der Waals surface area contributed by atoms with Gasteiger partial charge in [0, 0.05) is 5.69 Å². The highest BCUT2D eigenvalue weighted by Gasteiger charge is 2.42. The topological polar surface area (TPSA) is 66.5 Å². The average molecular weight is 368 g/mol. The van der Waals surface area contributed by atoms with Crippen LogP contribution in [0, 0.1) is 6.92 Å². The molecular weight excluding hydrogens is 348 g/mol. The minimum atomic E-state index is -0.837. The number of nitrogens with one attached hydrogen (secondary N) is 1. The van der Waals surface area contributed by atoms with E-state index in [9.17, 15) is 14.4 Å². The molecule has 2 aromatic rings. The van der Waals surface area contributed by atoms with Gasteiger partial charge in [0.1, 0.15) is 6.04 Å². The molecule has 0 spiro atoms. The maximum Gasteiger partial charge on any atom is 0.262 e. The van der Waals surface area contributed by atoms with Gasteiger partial charge in [-0.05, 0) is 49.6 Å². The van der Waals surface area contributed by atoms with Crippen LogP contribution in [0.15, 0.2) is 48.5 Å². The van der Waals surface area contributed by atoms with E-state index < -0.39 is 17.9 Å². The quantitative estimate of drug-likeness (QED) is 0.794. The molecule has 134 valence electrons. The lowest BCUT2D eigenvalue weighted by atomic mass is 10.1. The number of thioether (sulfide) groups is 1. The molecule has 1 heterocycles. The van der Waals surface area contributed by atoms with Crippen molar-refractivity contribution in [2.24, 2.45) is 0 Å². The van der Waals surface area contributed by atoms with Crippen LogP contribution < -0.4 is 5.32 Å². The molecule has 0 bridgehead atoms. The van der Waals surface area contributed by atoms with Crippen LogP contribution in [0.25, 0.3) is 0 Å². The number of benzene rings is 2. The Labute approximate surface area is 156 Å². The third-order valence-corrected chi connectivity index (χ3v) is 5.00. The zero-order valence-electron chi connectivity index (χ0n) is 14.7.